The van der Waals surface area contributed by atoms with E-state index in [9.17, 15) is 0 Å². The predicted octanol–water partition coefficient (Wildman–Crippen LogP) is 13.2. The average molecular weight is 706 g/mol. The van der Waals surface area contributed by atoms with Gasteiger partial charge in [-0.1, -0.05) is 114 Å². The molecule has 0 aromatic heterocycles. The molecule has 0 spiro atoms. The maximum absolute atomic E-state index is 2.79. The van der Waals surface area contributed by atoms with Crippen molar-refractivity contribution in [2.45, 2.75) is 193 Å². The number of allylic oxidation sites excluding steroid dienone is 6. The van der Waals surface area contributed by atoms with E-state index in [4.69, 9.17) is 0 Å². The molecule has 3 nitrogen and oxygen atoms in total. The molecule has 0 aromatic carbocycles. The quantitative estimate of drug-likeness (QED) is 0.232. The Bertz CT molecular complexity index is 779. The van der Waals surface area contributed by atoms with Crippen molar-refractivity contribution in [1.82, 2.24) is 14.7 Å². The topological polar surface area (TPSA) is 9.72 Å². The smallest absolute Gasteiger partial charge is 0.00126 e. The molecule has 0 amide bonds. The van der Waals surface area contributed by atoms with E-state index in [1.807, 2.05) is 0 Å². The highest BCUT2D eigenvalue weighted by atomic mass is 15.1. The van der Waals surface area contributed by atoms with E-state index >= 15 is 0 Å². The second kappa shape index (κ2) is 29.5. The molecule has 4 aliphatic rings. The molecule has 0 radical (unpaired) electrons. The number of hydrogen-bond donors (Lipinski definition) is 0. The van der Waals surface area contributed by atoms with Crippen LogP contribution in [-0.4, -0.2) is 73.6 Å². The van der Waals surface area contributed by atoms with E-state index in [-0.39, 0.29) is 0 Å². The van der Waals surface area contributed by atoms with E-state index in [1.165, 1.54) is 252 Å². The zero-order valence-electron chi connectivity index (χ0n) is 34.1. The van der Waals surface area contributed by atoms with Crippen LogP contribution in [0.15, 0.2) is 36.5 Å². The van der Waals surface area contributed by atoms with E-state index in [0.717, 1.165) is 17.8 Å². The Labute approximate surface area is 319 Å². The first-order valence-corrected chi connectivity index (χ1v) is 23.5. The van der Waals surface area contributed by atoms with Gasteiger partial charge in [0, 0.05) is 19.6 Å². The van der Waals surface area contributed by atoms with Crippen LogP contribution in [0.2, 0.25) is 0 Å². The Hall–Kier alpha value is -0.900. The highest BCUT2D eigenvalue weighted by molar-refractivity contribution is 4.89. The molecule has 6 atom stereocenters. The lowest BCUT2D eigenvalue weighted by molar-refractivity contribution is 0.172. The highest BCUT2D eigenvalue weighted by Gasteiger charge is 2.20. The molecule has 4 rings (SSSR count). The Morgan fingerprint density at radius 3 is 0.824 bits per heavy atom. The van der Waals surface area contributed by atoms with E-state index in [1.54, 1.807) is 0 Å². The third-order valence-corrected chi connectivity index (χ3v) is 13.0. The van der Waals surface area contributed by atoms with Crippen molar-refractivity contribution in [3.8, 4) is 0 Å². The second-order valence-corrected chi connectivity index (χ2v) is 17.8. The van der Waals surface area contributed by atoms with Crippen LogP contribution in [0.1, 0.15) is 193 Å². The molecule has 4 heterocycles. The van der Waals surface area contributed by atoms with Gasteiger partial charge in [0.1, 0.15) is 0 Å². The fourth-order valence-electron chi connectivity index (χ4n) is 9.77. The Morgan fingerprint density at radius 2 is 0.510 bits per heavy atom. The third kappa shape index (κ3) is 21.5. The molecule has 0 aromatic rings. The molecular weight excluding hydrogens is 619 g/mol. The van der Waals surface area contributed by atoms with Crippen molar-refractivity contribution in [1.29, 1.82) is 0 Å². The normalized spacial score (nSPS) is 32.9. The van der Waals surface area contributed by atoms with Gasteiger partial charge in [0.05, 0.1) is 0 Å². The zero-order chi connectivity index (χ0) is 35.3. The minimum Gasteiger partial charge on any atom is -0.303 e. The molecule has 0 N–H and O–H groups in total. The van der Waals surface area contributed by atoms with Crippen molar-refractivity contribution < 1.29 is 0 Å². The van der Waals surface area contributed by atoms with Gasteiger partial charge in [-0.2, -0.15) is 0 Å². The number of rotatable bonds is 0. The van der Waals surface area contributed by atoms with Gasteiger partial charge < -0.3 is 14.7 Å². The molecule has 3 fully saturated rings. The summed E-state index contributed by atoms with van der Waals surface area (Å²) in [5.74, 6) is 2.71. The lowest BCUT2D eigenvalue weighted by atomic mass is 9.94. The maximum Gasteiger partial charge on any atom is 0.00126 e. The molecule has 3 saturated heterocycles. The summed E-state index contributed by atoms with van der Waals surface area (Å²) in [4.78, 5) is 8.38. The summed E-state index contributed by atoms with van der Waals surface area (Å²) < 4.78 is 0. The first-order valence-electron chi connectivity index (χ1n) is 23.5. The van der Waals surface area contributed by atoms with Gasteiger partial charge in [-0.25, -0.2) is 0 Å². The van der Waals surface area contributed by atoms with Crippen LogP contribution in [0.25, 0.3) is 0 Å². The van der Waals surface area contributed by atoms with Gasteiger partial charge >= 0.3 is 0 Å². The molecule has 6 unspecified atom stereocenters. The molecule has 4 aliphatic heterocycles. The fraction of sp³-hybridized carbons (Fsp3) is 0.875. The largest absolute Gasteiger partial charge is 0.303 e. The molecule has 0 aliphatic carbocycles. The summed E-state index contributed by atoms with van der Waals surface area (Å²) in [6.45, 7) is 12.1. The molecule has 51 heavy (non-hydrogen) atoms. The Balaban J connectivity index is 1.10. The fourth-order valence-corrected chi connectivity index (χ4v) is 9.77. The SMILES string of the molecule is C1=CCC2CCCN(CCCCCCCCC=CCC3CCCN(CCCCCCCCC=CCC4CCCN(CCCCCCCC1)C4)C3)C2. The molecule has 0 saturated carbocycles. The number of hydrogen-bond acceptors (Lipinski definition) is 3. The molecule has 3 heteroatoms. The first-order chi connectivity index (χ1) is 25.3. The summed E-state index contributed by atoms with van der Waals surface area (Å²) in [5, 5.41) is 0. The lowest BCUT2D eigenvalue weighted by Crippen LogP contribution is -2.35. The van der Waals surface area contributed by atoms with Gasteiger partial charge in [-0.05, 0) is 173 Å². The standard InChI is InChI=1S/C48H87N3/c1-4-10-16-22-31-46-34-28-41-50(43-46)38-26-20-14-8-3-6-12-18-24-33-48-36-30-42-51(45-48)39-27-21-15-9-2-5-11-17-23-32-47-35-29-40-49(44-47)37-25-19-13-7-1/h16-18,22-24,46-48H,1-15,19-21,25-45H2. The third-order valence-electron chi connectivity index (χ3n) is 13.0. The van der Waals surface area contributed by atoms with Gasteiger partial charge in [-0.3, -0.25) is 0 Å². The van der Waals surface area contributed by atoms with Crippen LogP contribution in [0.3, 0.4) is 0 Å². The van der Waals surface area contributed by atoms with Crippen molar-refractivity contribution in [2.75, 3.05) is 58.9 Å². The van der Waals surface area contributed by atoms with Crippen LogP contribution < -0.4 is 0 Å². The van der Waals surface area contributed by atoms with E-state index in [0.29, 0.717) is 0 Å². The summed E-state index contributed by atoms with van der Waals surface area (Å²) in [6, 6.07) is 0. The predicted molar refractivity (Wildman–Crippen MR) is 226 cm³/mol. The monoisotopic (exact) mass is 706 g/mol. The minimum atomic E-state index is 0.904. The Morgan fingerprint density at radius 1 is 0.255 bits per heavy atom. The van der Waals surface area contributed by atoms with Gasteiger partial charge in [0.15, 0.2) is 0 Å². The van der Waals surface area contributed by atoms with Crippen molar-refractivity contribution in [3.63, 3.8) is 0 Å². The van der Waals surface area contributed by atoms with E-state index in [2.05, 4.69) is 51.2 Å². The molecule has 6 bridgehead atoms. The number of nitrogens with zero attached hydrogens (tertiary/aromatic N) is 3. The molecular formula is C48H87N3. The summed E-state index contributed by atoms with van der Waals surface area (Å²) in [6.07, 6.45) is 57.3. The van der Waals surface area contributed by atoms with Crippen LogP contribution >= 0.6 is 0 Å². The van der Waals surface area contributed by atoms with Crippen LogP contribution in [-0.2, 0) is 0 Å². The summed E-state index contributed by atoms with van der Waals surface area (Å²) in [5.41, 5.74) is 0. The highest BCUT2D eigenvalue weighted by Crippen LogP contribution is 2.24. The number of fused-ring (bicyclic) bond motifs is 6. The summed E-state index contributed by atoms with van der Waals surface area (Å²) >= 11 is 0. The van der Waals surface area contributed by atoms with Crippen molar-refractivity contribution in [2.24, 2.45) is 17.8 Å². The second-order valence-electron chi connectivity index (χ2n) is 17.8. The van der Waals surface area contributed by atoms with Crippen LogP contribution in [0.4, 0.5) is 0 Å². The zero-order valence-corrected chi connectivity index (χ0v) is 34.1. The average Bonchev–Trinajstić information content (AvgIpc) is 3.15. The van der Waals surface area contributed by atoms with Gasteiger partial charge in [0.2, 0.25) is 0 Å². The maximum atomic E-state index is 2.79. The summed E-state index contributed by atoms with van der Waals surface area (Å²) in [7, 11) is 0. The van der Waals surface area contributed by atoms with E-state index < -0.39 is 0 Å². The first kappa shape index (κ1) is 42.8. The number of piperidine rings is 3. The van der Waals surface area contributed by atoms with Gasteiger partial charge in [0.25, 0.3) is 0 Å². The van der Waals surface area contributed by atoms with Crippen LogP contribution in [0.5, 0.6) is 0 Å². The Kier molecular flexibility index (Phi) is 24.7. The minimum absolute atomic E-state index is 0.904. The van der Waals surface area contributed by atoms with Crippen molar-refractivity contribution in [3.05, 3.63) is 36.5 Å². The van der Waals surface area contributed by atoms with Crippen molar-refractivity contribution >= 4 is 0 Å². The van der Waals surface area contributed by atoms with Gasteiger partial charge in [-0.15, -0.1) is 0 Å². The molecule has 294 valence electrons. The lowest BCUT2D eigenvalue weighted by Gasteiger charge is -2.32. The van der Waals surface area contributed by atoms with Crippen LogP contribution in [0, 0.1) is 17.8 Å².